The van der Waals surface area contributed by atoms with Gasteiger partial charge in [-0.25, -0.2) is 29.5 Å². The van der Waals surface area contributed by atoms with Crippen LogP contribution in [0.25, 0.3) is 66.4 Å². The molecule has 0 amide bonds. The number of hydrogen-bond donors (Lipinski definition) is 3. The SMILES string of the molecule is CC(C)N(C)c1nc2cc(C(=O)O)ccc2nc1-c1ccc2cn[nH]c2c1.CC(C)N(C)c1nc2cc(C(=O)O)ccc2nc1-c1ccc2cnn(C)c2c1. The molecule has 55 heavy (non-hydrogen) atoms. The molecule has 0 aliphatic heterocycles. The maximum Gasteiger partial charge on any atom is 0.335 e. The molecule has 4 aromatic heterocycles. The Hall–Kier alpha value is -6.96. The smallest absolute Gasteiger partial charge is 0.335 e. The van der Waals surface area contributed by atoms with E-state index in [1.165, 1.54) is 0 Å². The number of benzene rings is 4. The average Bonchev–Trinajstić information content (AvgIpc) is 3.81. The minimum absolute atomic E-state index is 0.196. The van der Waals surface area contributed by atoms with Crippen LogP contribution in [0.3, 0.4) is 0 Å². The van der Waals surface area contributed by atoms with E-state index in [0.717, 1.165) is 44.3 Å². The van der Waals surface area contributed by atoms with Crippen LogP contribution in [0.5, 0.6) is 0 Å². The van der Waals surface area contributed by atoms with Gasteiger partial charge in [0.25, 0.3) is 0 Å². The molecule has 14 nitrogen and oxygen atoms in total. The van der Waals surface area contributed by atoms with Crippen molar-refractivity contribution in [3.05, 3.63) is 96.3 Å². The second kappa shape index (κ2) is 14.5. The van der Waals surface area contributed by atoms with Crippen molar-refractivity contribution in [1.82, 2.24) is 39.9 Å². The molecule has 0 fully saturated rings. The normalized spacial score (nSPS) is 11.4. The van der Waals surface area contributed by atoms with E-state index < -0.39 is 11.9 Å². The number of fused-ring (bicyclic) bond motifs is 4. The number of rotatable bonds is 8. The van der Waals surface area contributed by atoms with Gasteiger partial charge < -0.3 is 20.0 Å². The zero-order chi connectivity index (χ0) is 39.1. The van der Waals surface area contributed by atoms with Gasteiger partial charge in [0.2, 0.25) is 0 Å². The van der Waals surface area contributed by atoms with E-state index in [4.69, 9.17) is 19.9 Å². The average molecular weight is 737 g/mol. The first-order chi connectivity index (χ1) is 26.3. The van der Waals surface area contributed by atoms with Crippen molar-refractivity contribution in [2.75, 3.05) is 23.9 Å². The van der Waals surface area contributed by atoms with Crippen LogP contribution >= 0.6 is 0 Å². The highest BCUT2D eigenvalue weighted by molar-refractivity contribution is 5.95. The molecule has 14 heteroatoms. The van der Waals surface area contributed by atoms with Crippen molar-refractivity contribution in [3.63, 3.8) is 0 Å². The molecule has 4 heterocycles. The second-order valence-electron chi connectivity index (χ2n) is 13.9. The number of aromatic amines is 1. The third-order valence-electron chi connectivity index (χ3n) is 9.74. The Morgan fingerprint density at radius 2 is 1.15 bits per heavy atom. The summed E-state index contributed by atoms with van der Waals surface area (Å²) < 4.78 is 1.83. The van der Waals surface area contributed by atoms with Crippen LogP contribution in [0.2, 0.25) is 0 Å². The molecule has 0 atom stereocenters. The van der Waals surface area contributed by atoms with Gasteiger partial charge in [0.05, 0.1) is 56.6 Å². The van der Waals surface area contributed by atoms with Crippen molar-refractivity contribution in [2.45, 2.75) is 39.8 Å². The van der Waals surface area contributed by atoms with Gasteiger partial charge in [-0.1, -0.05) is 24.3 Å². The molecular weight excluding hydrogens is 697 g/mol. The highest BCUT2D eigenvalue weighted by Crippen LogP contribution is 2.34. The van der Waals surface area contributed by atoms with E-state index in [1.807, 2.05) is 72.2 Å². The van der Waals surface area contributed by atoms with Crippen molar-refractivity contribution in [3.8, 4) is 22.5 Å². The first-order valence-corrected chi connectivity index (χ1v) is 17.7. The number of nitrogens with one attached hydrogen (secondary N) is 1. The molecule has 0 saturated heterocycles. The molecule has 8 rings (SSSR count). The van der Waals surface area contributed by atoms with Crippen LogP contribution in [0.1, 0.15) is 48.4 Å². The summed E-state index contributed by atoms with van der Waals surface area (Å²) in [6, 6.07) is 22.1. The van der Waals surface area contributed by atoms with Crippen molar-refractivity contribution < 1.29 is 19.8 Å². The fourth-order valence-corrected chi connectivity index (χ4v) is 6.10. The molecule has 8 aromatic rings. The van der Waals surface area contributed by atoms with Crippen molar-refractivity contribution >= 4 is 67.4 Å². The van der Waals surface area contributed by atoms with Crippen LogP contribution < -0.4 is 9.80 Å². The summed E-state index contributed by atoms with van der Waals surface area (Å²) in [7, 11) is 5.83. The highest BCUT2D eigenvalue weighted by Gasteiger charge is 2.20. The predicted molar refractivity (Wildman–Crippen MR) is 215 cm³/mol. The standard InChI is InChI=1S/C21H21N5O2.C20H19N5O2/c1-12(2)25(3)20-19(13-5-6-15-11-22-26(4)18(15)10-13)23-16-8-7-14(21(27)28)9-17(16)24-20;1-11(2)25(3)19-18(12-4-5-14-10-21-24-16(14)8-12)22-15-7-6-13(20(26)27)9-17(15)23-19/h5-12H,1-4H3,(H,27,28);4-11H,1-3H3,(H,21,24)(H,26,27). The van der Waals surface area contributed by atoms with E-state index in [-0.39, 0.29) is 23.2 Å². The quantitative estimate of drug-likeness (QED) is 0.141. The zero-order valence-electron chi connectivity index (χ0n) is 31.5. The lowest BCUT2D eigenvalue weighted by molar-refractivity contribution is 0.0686. The van der Waals surface area contributed by atoms with Gasteiger partial charge in [0.1, 0.15) is 11.4 Å². The number of aromatic nitrogens is 8. The van der Waals surface area contributed by atoms with E-state index in [1.54, 1.807) is 42.6 Å². The maximum absolute atomic E-state index is 11.3. The fraction of sp³-hybridized carbons (Fsp3) is 0.220. The van der Waals surface area contributed by atoms with Crippen LogP contribution in [-0.4, -0.2) is 88.2 Å². The number of aromatic carboxylic acids is 2. The molecule has 0 aliphatic rings. The number of hydrogen-bond acceptors (Lipinski definition) is 10. The molecule has 0 unspecified atom stereocenters. The number of anilines is 2. The summed E-state index contributed by atoms with van der Waals surface area (Å²) in [6.45, 7) is 8.30. The number of nitrogens with zero attached hydrogens (tertiary/aromatic N) is 9. The minimum Gasteiger partial charge on any atom is -0.478 e. The highest BCUT2D eigenvalue weighted by atomic mass is 16.4. The van der Waals surface area contributed by atoms with Gasteiger partial charge >= 0.3 is 11.9 Å². The molecule has 278 valence electrons. The van der Waals surface area contributed by atoms with Crippen molar-refractivity contribution in [2.24, 2.45) is 7.05 Å². The monoisotopic (exact) mass is 736 g/mol. The summed E-state index contributed by atoms with van der Waals surface area (Å²) in [4.78, 5) is 45.9. The maximum atomic E-state index is 11.3. The first-order valence-electron chi connectivity index (χ1n) is 17.7. The lowest BCUT2D eigenvalue weighted by atomic mass is 10.1. The van der Waals surface area contributed by atoms with Gasteiger partial charge in [0.15, 0.2) is 11.6 Å². The van der Waals surface area contributed by atoms with Gasteiger partial charge in [0, 0.05) is 55.1 Å². The lowest BCUT2D eigenvalue weighted by Crippen LogP contribution is -2.27. The van der Waals surface area contributed by atoms with Gasteiger partial charge in [-0.2, -0.15) is 10.2 Å². The third-order valence-corrected chi connectivity index (χ3v) is 9.74. The van der Waals surface area contributed by atoms with Crippen LogP contribution in [0, 0.1) is 0 Å². The molecule has 0 saturated carbocycles. The fourth-order valence-electron chi connectivity index (χ4n) is 6.10. The predicted octanol–water partition coefficient (Wildman–Crippen LogP) is 7.44. The number of aryl methyl sites for hydroxylation is 1. The second-order valence-corrected chi connectivity index (χ2v) is 13.9. The molecule has 0 spiro atoms. The number of carbonyl (C=O) groups is 2. The minimum atomic E-state index is -0.980. The van der Waals surface area contributed by atoms with Gasteiger partial charge in [-0.15, -0.1) is 0 Å². The molecular formula is C41H40N10O4. The summed E-state index contributed by atoms with van der Waals surface area (Å²) in [5.74, 6) is -0.537. The molecule has 0 aliphatic carbocycles. The lowest BCUT2D eigenvalue weighted by Gasteiger charge is -2.25. The van der Waals surface area contributed by atoms with Gasteiger partial charge in [-0.3, -0.25) is 9.78 Å². The summed E-state index contributed by atoms with van der Waals surface area (Å²) in [5, 5.41) is 32.0. The Morgan fingerprint density at radius 3 is 1.65 bits per heavy atom. The molecule has 3 N–H and O–H groups in total. The van der Waals surface area contributed by atoms with Gasteiger partial charge in [-0.05, 0) is 76.2 Å². The largest absolute Gasteiger partial charge is 0.478 e. The van der Waals surface area contributed by atoms with Crippen LogP contribution in [0.4, 0.5) is 11.6 Å². The van der Waals surface area contributed by atoms with Crippen molar-refractivity contribution in [1.29, 1.82) is 0 Å². The Kier molecular flexibility index (Phi) is 9.57. The topological polar surface area (TPSA) is 179 Å². The zero-order valence-corrected chi connectivity index (χ0v) is 31.5. The Labute approximate surface area is 316 Å². The third kappa shape index (κ3) is 7.09. The Morgan fingerprint density at radius 1 is 0.636 bits per heavy atom. The molecule has 0 radical (unpaired) electrons. The number of H-pyrrole nitrogens is 1. The first kappa shape index (κ1) is 36.4. The summed E-state index contributed by atoms with van der Waals surface area (Å²) in [5.41, 5.74) is 8.13. The Balaban J connectivity index is 0.000000169. The van der Waals surface area contributed by atoms with E-state index in [9.17, 15) is 19.8 Å². The Bertz CT molecular complexity index is 2750. The number of carboxylic acid groups (broad SMARTS) is 2. The number of carboxylic acids is 2. The van der Waals surface area contributed by atoms with E-state index in [2.05, 4.69) is 49.1 Å². The van der Waals surface area contributed by atoms with Crippen LogP contribution in [0.15, 0.2) is 85.2 Å². The summed E-state index contributed by atoms with van der Waals surface area (Å²) >= 11 is 0. The molecule has 0 bridgehead atoms. The summed E-state index contributed by atoms with van der Waals surface area (Å²) in [6.07, 6.45) is 3.61. The van der Waals surface area contributed by atoms with E-state index in [0.29, 0.717) is 33.7 Å². The van der Waals surface area contributed by atoms with E-state index >= 15 is 0 Å². The van der Waals surface area contributed by atoms with Crippen LogP contribution in [-0.2, 0) is 7.05 Å². The molecule has 4 aromatic carbocycles.